The Kier molecular flexibility index (Phi) is 2.37. The molecule has 1 heterocycles. The van der Waals surface area contributed by atoms with Crippen molar-refractivity contribution in [1.29, 1.82) is 0 Å². The number of rotatable bonds is 1. The highest BCUT2D eigenvalue weighted by atomic mass is 16.5. The van der Waals surface area contributed by atoms with Gasteiger partial charge < -0.3 is 14.9 Å². The predicted molar refractivity (Wildman–Crippen MR) is 32.5 cm³/mol. The van der Waals surface area contributed by atoms with Gasteiger partial charge in [0.25, 0.3) is 0 Å². The van der Waals surface area contributed by atoms with Crippen LogP contribution < -0.4 is 0 Å². The third kappa shape index (κ3) is 1.53. The van der Waals surface area contributed by atoms with Crippen molar-refractivity contribution in [2.45, 2.75) is 18.6 Å². The van der Waals surface area contributed by atoms with Crippen molar-refractivity contribution in [3.63, 3.8) is 0 Å². The van der Waals surface area contributed by atoms with Crippen molar-refractivity contribution in [1.82, 2.24) is 0 Å². The lowest BCUT2D eigenvalue weighted by atomic mass is 10.1. The van der Waals surface area contributed by atoms with Crippen LogP contribution in [0, 0.1) is 0 Å². The zero-order valence-corrected chi connectivity index (χ0v) is 5.49. The van der Waals surface area contributed by atoms with Crippen LogP contribution in [0.4, 0.5) is 0 Å². The van der Waals surface area contributed by atoms with E-state index in [1.165, 1.54) is 0 Å². The van der Waals surface area contributed by atoms with Crippen LogP contribution in [0.15, 0.2) is 0 Å². The molecule has 1 aliphatic rings. The summed E-state index contributed by atoms with van der Waals surface area (Å²) in [6, 6.07) is 0. The molecular weight excluding hydrogens is 136 g/mol. The highest BCUT2D eigenvalue weighted by Crippen LogP contribution is 2.08. The van der Waals surface area contributed by atoms with E-state index in [1.807, 2.05) is 0 Å². The van der Waals surface area contributed by atoms with E-state index >= 15 is 0 Å². The number of carbonyl (C=O) groups is 1. The van der Waals surface area contributed by atoms with Gasteiger partial charge in [0.2, 0.25) is 0 Å². The van der Waals surface area contributed by atoms with Gasteiger partial charge in [-0.3, -0.25) is 4.79 Å². The summed E-state index contributed by atoms with van der Waals surface area (Å²) < 4.78 is 4.89. The standard InChI is InChI=1S/C6H10O4/c7-2-4-1-5(8)6(9)3-10-4/h4,6-7,9H,1-3H2/t4-,6-/m0/s1. The number of hydrogen-bond acceptors (Lipinski definition) is 4. The molecule has 1 rings (SSSR count). The molecule has 0 aromatic heterocycles. The molecule has 0 unspecified atom stereocenters. The summed E-state index contributed by atoms with van der Waals surface area (Å²) in [4.78, 5) is 10.7. The fraction of sp³-hybridized carbons (Fsp3) is 0.833. The van der Waals surface area contributed by atoms with E-state index in [1.54, 1.807) is 0 Å². The number of ketones is 1. The summed E-state index contributed by atoms with van der Waals surface area (Å²) in [7, 11) is 0. The summed E-state index contributed by atoms with van der Waals surface area (Å²) in [6.07, 6.45) is -1.27. The third-order valence-corrected chi connectivity index (χ3v) is 1.49. The molecular formula is C6H10O4. The Hall–Kier alpha value is -0.450. The summed E-state index contributed by atoms with van der Waals surface area (Å²) in [5.41, 5.74) is 0. The normalized spacial score (nSPS) is 34.4. The van der Waals surface area contributed by atoms with E-state index in [2.05, 4.69) is 0 Å². The minimum absolute atomic E-state index is 0.0179. The first kappa shape index (κ1) is 7.65. The number of ether oxygens (including phenoxy) is 1. The number of aliphatic hydroxyl groups is 2. The average Bonchev–Trinajstić information content (AvgIpc) is 1.95. The van der Waals surface area contributed by atoms with Gasteiger partial charge in [-0.1, -0.05) is 0 Å². The third-order valence-electron chi connectivity index (χ3n) is 1.49. The predicted octanol–water partition coefficient (Wildman–Crippen LogP) is -1.30. The summed E-state index contributed by atoms with van der Waals surface area (Å²) >= 11 is 0. The lowest BCUT2D eigenvalue weighted by Crippen LogP contribution is -2.39. The first-order chi connectivity index (χ1) is 4.74. The van der Waals surface area contributed by atoms with Crippen LogP contribution in [0.5, 0.6) is 0 Å². The molecule has 2 atom stereocenters. The molecule has 1 aliphatic heterocycles. The number of Topliss-reactive ketones (excluding diaryl/α,β-unsaturated/α-hetero) is 1. The second-order valence-electron chi connectivity index (χ2n) is 2.32. The maximum Gasteiger partial charge on any atom is 0.166 e. The van der Waals surface area contributed by atoms with Gasteiger partial charge in [0, 0.05) is 6.42 Å². The average molecular weight is 146 g/mol. The van der Waals surface area contributed by atoms with Gasteiger partial charge in [0.15, 0.2) is 5.78 Å². The fourth-order valence-corrected chi connectivity index (χ4v) is 0.857. The molecule has 0 spiro atoms. The molecule has 58 valence electrons. The van der Waals surface area contributed by atoms with E-state index in [-0.39, 0.29) is 25.4 Å². The van der Waals surface area contributed by atoms with Crippen LogP contribution in [-0.4, -0.2) is 41.4 Å². The smallest absolute Gasteiger partial charge is 0.166 e. The van der Waals surface area contributed by atoms with Crippen molar-refractivity contribution < 1.29 is 19.7 Å². The van der Waals surface area contributed by atoms with Crippen LogP contribution in [0.3, 0.4) is 0 Å². The SMILES string of the molecule is O=C1C[C@@H](CO)OC[C@@H]1O. The zero-order chi connectivity index (χ0) is 7.56. The van der Waals surface area contributed by atoms with E-state index < -0.39 is 12.2 Å². The Bertz CT molecular complexity index is 134. The molecule has 0 bridgehead atoms. The zero-order valence-electron chi connectivity index (χ0n) is 5.49. The van der Waals surface area contributed by atoms with E-state index in [4.69, 9.17) is 14.9 Å². The van der Waals surface area contributed by atoms with Crippen LogP contribution in [-0.2, 0) is 9.53 Å². The summed E-state index contributed by atoms with van der Waals surface area (Å²) in [5, 5.41) is 17.4. The second-order valence-corrected chi connectivity index (χ2v) is 2.32. The van der Waals surface area contributed by atoms with Gasteiger partial charge in [-0.15, -0.1) is 0 Å². The van der Waals surface area contributed by atoms with Gasteiger partial charge in [0.05, 0.1) is 19.3 Å². The van der Waals surface area contributed by atoms with E-state index in [0.29, 0.717) is 0 Å². The lowest BCUT2D eigenvalue weighted by Gasteiger charge is -2.23. The minimum atomic E-state index is -0.984. The van der Waals surface area contributed by atoms with E-state index in [0.717, 1.165) is 0 Å². The maximum atomic E-state index is 10.7. The maximum absolute atomic E-state index is 10.7. The molecule has 0 aromatic rings. The highest BCUT2D eigenvalue weighted by Gasteiger charge is 2.26. The quantitative estimate of drug-likeness (QED) is 0.482. The largest absolute Gasteiger partial charge is 0.394 e. The first-order valence-corrected chi connectivity index (χ1v) is 3.17. The Morgan fingerprint density at radius 2 is 2.40 bits per heavy atom. The Balaban J connectivity index is 2.41. The molecule has 0 amide bonds. The topological polar surface area (TPSA) is 66.8 Å². The van der Waals surface area contributed by atoms with E-state index in [9.17, 15) is 4.79 Å². The van der Waals surface area contributed by atoms with Crippen molar-refractivity contribution in [3.8, 4) is 0 Å². The van der Waals surface area contributed by atoms with Crippen LogP contribution in [0.1, 0.15) is 6.42 Å². The summed E-state index contributed by atoms with van der Waals surface area (Å²) in [5.74, 6) is -0.245. The Labute approximate surface area is 58.4 Å². The number of aliphatic hydroxyl groups excluding tert-OH is 2. The first-order valence-electron chi connectivity index (χ1n) is 3.17. The van der Waals surface area contributed by atoms with Gasteiger partial charge in [-0.05, 0) is 0 Å². The molecule has 0 radical (unpaired) electrons. The van der Waals surface area contributed by atoms with Crippen molar-refractivity contribution in [2.24, 2.45) is 0 Å². The number of carbonyl (C=O) groups excluding carboxylic acids is 1. The van der Waals surface area contributed by atoms with Crippen LogP contribution in [0.25, 0.3) is 0 Å². The summed E-state index contributed by atoms with van der Waals surface area (Å²) in [6.45, 7) is -0.136. The van der Waals surface area contributed by atoms with Crippen molar-refractivity contribution in [2.75, 3.05) is 13.2 Å². The van der Waals surface area contributed by atoms with Gasteiger partial charge in [-0.2, -0.15) is 0 Å². The van der Waals surface area contributed by atoms with Crippen molar-refractivity contribution >= 4 is 5.78 Å². The Morgan fingerprint density at radius 3 is 2.90 bits per heavy atom. The molecule has 0 aliphatic carbocycles. The fourth-order valence-electron chi connectivity index (χ4n) is 0.857. The lowest BCUT2D eigenvalue weighted by molar-refractivity contribution is -0.145. The second kappa shape index (κ2) is 3.09. The monoisotopic (exact) mass is 146 g/mol. The van der Waals surface area contributed by atoms with Gasteiger partial charge in [-0.25, -0.2) is 0 Å². The Morgan fingerprint density at radius 1 is 1.70 bits per heavy atom. The van der Waals surface area contributed by atoms with Gasteiger partial charge >= 0.3 is 0 Å². The molecule has 0 saturated carbocycles. The van der Waals surface area contributed by atoms with Crippen molar-refractivity contribution in [3.05, 3.63) is 0 Å². The highest BCUT2D eigenvalue weighted by molar-refractivity contribution is 5.83. The van der Waals surface area contributed by atoms with Crippen LogP contribution >= 0.6 is 0 Å². The molecule has 10 heavy (non-hydrogen) atoms. The number of hydrogen-bond donors (Lipinski definition) is 2. The molecule has 4 nitrogen and oxygen atoms in total. The molecule has 0 aromatic carbocycles. The van der Waals surface area contributed by atoms with Gasteiger partial charge in [0.1, 0.15) is 6.10 Å². The molecule has 1 fully saturated rings. The molecule has 4 heteroatoms. The molecule has 1 saturated heterocycles. The van der Waals surface area contributed by atoms with Crippen LogP contribution in [0.2, 0.25) is 0 Å². The minimum Gasteiger partial charge on any atom is -0.394 e. The molecule has 2 N–H and O–H groups in total.